The number of benzene rings is 1. The van der Waals surface area contributed by atoms with Crippen LogP contribution >= 0.6 is 0 Å². The Morgan fingerprint density at radius 2 is 1.68 bits per heavy atom. The van der Waals surface area contributed by atoms with Crippen LogP contribution in [-0.4, -0.2) is 6.04 Å². The first-order chi connectivity index (χ1) is 14.9. The first kappa shape index (κ1) is 22.0. The minimum atomic E-state index is 0.573. The fourth-order valence-electron chi connectivity index (χ4n) is 9.39. The Bertz CT molecular complexity index is 742. The molecule has 0 bridgehead atoms. The molecule has 4 aliphatic carbocycles. The number of hydrogen-bond acceptors (Lipinski definition) is 1. The molecular weight excluding hydrogens is 374 g/mol. The van der Waals surface area contributed by atoms with Gasteiger partial charge in [-0.05, 0) is 117 Å². The minimum Gasteiger partial charge on any atom is -0.310 e. The van der Waals surface area contributed by atoms with E-state index in [2.05, 4.69) is 63.3 Å². The van der Waals surface area contributed by atoms with Crippen LogP contribution in [0.5, 0.6) is 0 Å². The molecule has 9 atom stereocenters. The first-order valence-electron chi connectivity index (χ1n) is 13.7. The summed E-state index contributed by atoms with van der Waals surface area (Å²) in [7, 11) is 0. The van der Waals surface area contributed by atoms with Gasteiger partial charge in [-0.1, -0.05) is 57.5 Å². The molecule has 0 spiro atoms. The molecule has 4 fully saturated rings. The van der Waals surface area contributed by atoms with E-state index in [9.17, 15) is 0 Å². The summed E-state index contributed by atoms with van der Waals surface area (Å²) in [6, 6.07) is 11.6. The Morgan fingerprint density at radius 1 is 0.903 bits per heavy atom. The Labute approximate surface area is 192 Å². The number of fused-ring (bicyclic) bond motifs is 5. The highest BCUT2D eigenvalue weighted by Crippen LogP contribution is 2.65. The molecule has 1 nitrogen and oxygen atoms in total. The molecule has 1 N–H and O–H groups in total. The van der Waals surface area contributed by atoms with E-state index >= 15 is 0 Å². The molecular formula is C30H47N. The van der Waals surface area contributed by atoms with E-state index in [1.54, 1.807) is 12.8 Å². The molecule has 0 heterocycles. The van der Waals surface area contributed by atoms with Gasteiger partial charge in [-0.15, -0.1) is 0 Å². The number of nitrogens with one attached hydrogen (secondary N) is 1. The molecule has 0 amide bonds. The molecule has 31 heavy (non-hydrogen) atoms. The second-order valence-corrected chi connectivity index (χ2v) is 12.7. The van der Waals surface area contributed by atoms with Crippen LogP contribution in [0.1, 0.15) is 97.5 Å². The highest BCUT2D eigenvalue weighted by molar-refractivity contribution is 5.15. The van der Waals surface area contributed by atoms with Gasteiger partial charge in [-0.25, -0.2) is 0 Å². The predicted molar refractivity (Wildman–Crippen MR) is 132 cm³/mol. The van der Waals surface area contributed by atoms with Crippen LogP contribution in [0.25, 0.3) is 0 Å². The van der Waals surface area contributed by atoms with E-state index in [-0.39, 0.29) is 0 Å². The Hall–Kier alpha value is -0.820. The van der Waals surface area contributed by atoms with Crippen LogP contribution < -0.4 is 5.32 Å². The zero-order valence-corrected chi connectivity index (χ0v) is 20.7. The van der Waals surface area contributed by atoms with Crippen LogP contribution in [-0.2, 0) is 6.54 Å². The largest absolute Gasteiger partial charge is 0.310 e. The quantitative estimate of drug-likeness (QED) is 0.510. The van der Waals surface area contributed by atoms with Crippen molar-refractivity contribution in [2.24, 2.45) is 46.3 Å². The number of rotatable bonds is 5. The van der Waals surface area contributed by atoms with Gasteiger partial charge in [0.05, 0.1) is 0 Å². The lowest BCUT2D eigenvalue weighted by molar-refractivity contribution is -0.0808. The second kappa shape index (κ2) is 8.51. The van der Waals surface area contributed by atoms with Gasteiger partial charge in [0.25, 0.3) is 0 Å². The van der Waals surface area contributed by atoms with Crippen molar-refractivity contribution in [3.63, 3.8) is 0 Å². The van der Waals surface area contributed by atoms with Crippen molar-refractivity contribution >= 4 is 0 Å². The summed E-state index contributed by atoms with van der Waals surface area (Å²) in [5.41, 5.74) is 2.65. The average molecular weight is 422 g/mol. The summed E-state index contributed by atoms with van der Waals surface area (Å²) < 4.78 is 0. The van der Waals surface area contributed by atoms with Crippen LogP contribution in [0.3, 0.4) is 0 Å². The maximum absolute atomic E-state index is 3.93. The van der Waals surface area contributed by atoms with Gasteiger partial charge in [-0.2, -0.15) is 0 Å². The van der Waals surface area contributed by atoms with Crippen LogP contribution in [0.4, 0.5) is 0 Å². The molecule has 5 rings (SSSR count). The van der Waals surface area contributed by atoms with Gasteiger partial charge < -0.3 is 5.32 Å². The zero-order chi connectivity index (χ0) is 21.6. The first-order valence-corrected chi connectivity index (χ1v) is 13.7. The van der Waals surface area contributed by atoms with Crippen molar-refractivity contribution in [2.75, 3.05) is 0 Å². The van der Waals surface area contributed by atoms with Gasteiger partial charge in [0.2, 0.25) is 0 Å². The van der Waals surface area contributed by atoms with E-state index in [0.29, 0.717) is 16.9 Å². The van der Waals surface area contributed by atoms with Gasteiger partial charge in [0.15, 0.2) is 0 Å². The summed E-state index contributed by atoms with van der Waals surface area (Å²) in [4.78, 5) is 0. The zero-order valence-electron chi connectivity index (χ0n) is 20.7. The SMILES string of the molecule is CC[C@]1(C)CCC2C(CCC3C2CCC2(C)C(C(C)NCc4ccccc4)CCC32)C1. The molecule has 1 aromatic carbocycles. The van der Waals surface area contributed by atoms with E-state index in [1.165, 1.54) is 56.9 Å². The van der Waals surface area contributed by atoms with Gasteiger partial charge in [0.1, 0.15) is 0 Å². The normalized spacial score (nSPS) is 45.4. The topological polar surface area (TPSA) is 12.0 Å². The van der Waals surface area contributed by atoms with E-state index < -0.39 is 0 Å². The third kappa shape index (κ3) is 3.92. The molecule has 1 heteroatoms. The Morgan fingerprint density at radius 3 is 2.45 bits per heavy atom. The van der Waals surface area contributed by atoms with Crippen LogP contribution in [0.2, 0.25) is 0 Å². The Balaban J connectivity index is 1.25. The molecule has 1 aromatic rings. The summed E-state index contributed by atoms with van der Waals surface area (Å²) in [5, 5.41) is 3.93. The van der Waals surface area contributed by atoms with Crippen molar-refractivity contribution in [1.82, 2.24) is 5.32 Å². The second-order valence-electron chi connectivity index (χ2n) is 12.7. The van der Waals surface area contributed by atoms with Crippen molar-refractivity contribution in [3.05, 3.63) is 35.9 Å². The molecule has 4 aliphatic rings. The fraction of sp³-hybridized carbons (Fsp3) is 0.800. The molecule has 4 saturated carbocycles. The Kier molecular flexibility index (Phi) is 6.04. The minimum absolute atomic E-state index is 0.573. The van der Waals surface area contributed by atoms with Crippen molar-refractivity contribution < 1.29 is 0 Å². The summed E-state index contributed by atoms with van der Waals surface area (Å²) in [6.07, 6.45) is 15.0. The van der Waals surface area contributed by atoms with E-state index in [0.717, 1.165) is 42.1 Å². The maximum atomic E-state index is 3.93. The summed E-state index contributed by atoms with van der Waals surface area (Å²) >= 11 is 0. The fourth-order valence-corrected chi connectivity index (χ4v) is 9.39. The summed E-state index contributed by atoms with van der Waals surface area (Å²) in [6.45, 7) is 11.2. The monoisotopic (exact) mass is 421 g/mol. The molecule has 0 aromatic heterocycles. The summed E-state index contributed by atoms with van der Waals surface area (Å²) in [5.74, 6) is 6.07. The van der Waals surface area contributed by atoms with Crippen LogP contribution in [0, 0.1) is 46.3 Å². The third-order valence-corrected chi connectivity index (χ3v) is 11.4. The lowest BCUT2D eigenvalue weighted by Gasteiger charge is -2.58. The van der Waals surface area contributed by atoms with Crippen molar-refractivity contribution in [3.8, 4) is 0 Å². The van der Waals surface area contributed by atoms with E-state index in [4.69, 9.17) is 0 Å². The highest BCUT2D eigenvalue weighted by atomic mass is 14.9. The highest BCUT2D eigenvalue weighted by Gasteiger charge is 2.58. The lowest BCUT2D eigenvalue weighted by atomic mass is 9.48. The van der Waals surface area contributed by atoms with Gasteiger partial charge >= 0.3 is 0 Å². The van der Waals surface area contributed by atoms with Crippen molar-refractivity contribution in [1.29, 1.82) is 0 Å². The molecule has 0 aliphatic heterocycles. The molecule has 172 valence electrons. The maximum Gasteiger partial charge on any atom is 0.0208 e. The average Bonchev–Trinajstić information content (AvgIpc) is 3.15. The van der Waals surface area contributed by atoms with E-state index in [1.807, 2.05) is 0 Å². The number of hydrogen-bond donors (Lipinski definition) is 1. The van der Waals surface area contributed by atoms with Gasteiger partial charge in [0, 0.05) is 12.6 Å². The van der Waals surface area contributed by atoms with Crippen LogP contribution in [0.15, 0.2) is 30.3 Å². The van der Waals surface area contributed by atoms with Gasteiger partial charge in [-0.3, -0.25) is 0 Å². The smallest absolute Gasteiger partial charge is 0.0208 e. The predicted octanol–water partition coefficient (Wildman–Crippen LogP) is 7.85. The molecule has 0 radical (unpaired) electrons. The van der Waals surface area contributed by atoms with Crippen molar-refractivity contribution in [2.45, 2.75) is 104 Å². The third-order valence-electron chi connectivity index (χ3n) is 11.4. The lowest BCUT2D eigenvalue weighted by Crippen LogP contribution is -2.51. The molecule has 8 unspecified atom stereocenters. The standard InChI is InChI=1S/C30H47N/c1-5-29(3)17-15-24-23(19-29)11-12-26-25(24)16-18-30(4)27(13-14-28(26)30)21(2)31-20-22-9-7-6-8-10-22/h6-10,21,23-28,31H,5,11-20H2,1-4H3/t21?,23?,24?,25?,26?,27?,28?,29-,30?/m1/s1. The molecule has 0 saturated heterocycles.